The normalized spacial score (nSPS) is 12.1. The minimum atomic E-state index is -3.33. The van der Waals surface area contributed by atoms with Crippen molar-refractivity contribution >= 4 is 32.1 Å². The number of thiophene rings is 1. The number of rotatable bonds is 3. The molecule has 3 nitrogen and oxygen atoms in total. The van der Waals surface area contributed by atoms with Gasteiger partial charge in [-0.3, -0.25) is 0 Å². The zero-order valence-corrected chi connectivity index (χ0v) is 9.86. The summed E-state index contributed by atoms with van der Waals surface area (Å²) in [6, 6.07) is 7.49. The Morgan fingerprint density at radius 1 is 1.33 bits per heavy atom. The molecule has 2 rings (SSSR count). The summed E-state index contributed by atoms with van der Waals surface area (Å²) < 4.78 is 26.5. The topological polar surface area (TPSA) is 46.2 Å². The molecule has 0 saturated heterocycles. The van der Waals surface area contributed by atoms with Crippen LogP contribution in [0.3, 0.4) is 0 Å². The van der Waals surface area contributed by atoms with E-state index in [0.29, 0.717) is 10.8 Å². The van der Waals surface area contributed by atoms with E-state index in [4.69, 9.17) is 0 Å². The highest BCUT2D eigenvalue weighted by atomic mass is 32.2. The number of benzene rings is 1. The van der Waals surface area contributed by atoms with Gasteiger partial charge in [-0.05, 0) is 10.8 Å². The SMILES string of the molecule is CCNS(=O)(=O)c1scc2ccccc12. The number of nitrogens with one attached hydrogen (secondary N) is 1. The average molecular weight is 241 g/mol. The largest absolute Gasteiger partial charge is 0.250 e. The second-order valence-corrected chi connectivity index (χ2v) is 5.95. The van der Waals surface area contributed by atoms with Gasteiger partial charge in [-0.15, -0.1) is 11.3 Å². The van der Waals surface area contributed by atoms with E-state index in [1.54, 1.807) is 6.92 Å². The molecule has 0 radical (unpaired) electrons. The summed E-state index contributed by atoms with van der Waals surface area (Å²) in [5.74, 6) is 0. The van der Waals surface area contributed by atoms with Crippen molar-refractivity contribution in [2.24, 2.45) is 0 Å². The molecule has 0 aliphatic heterocycles. The third kappa shape index (κ3) is 1.90. The third-order valence-corrected chi connectivity index (χ3v) is 5.18. The summed E-state index contributed by atoms with van der Waals surface area (Å²) in [5, 5.41) is 3.63. The van der Waals surface area contributed by atoms with Gasteiger partial charge in [0.1, 0.15) is 4.21 Å². The highest BCUT2D eigenvalue weighted by Crippen LogP contribution is 2.29. The quantitative estimate of drug-likeness (QED) is 0.895. The summed E-state index contributed by atoms with van der Waals surface area (Å²) in [6.45, 7) is 2.18. The predicted molar refractivity (Wildman–Crippen MR) is 62.7 cm³/mol. The molecule has 0 aliphatic rings. The fraction of sp³-hybridized carbons (Fsp3) is 0.200. The Balaban J connectivity index is 2.63. The zero-order chi connectivity index (χ0) is 10.9. The van der Waals surface area contributed by atoms with Gasteiger partial charge in [-0.25, -0.2) is 13.1 Å². The fourth-order valence-corrected chi connectivity index (χ4v) is 4.00. The van der Waals surface area contributed by atoms with Gasteiger partial charge < -0.3 is 0 Å². The molecule has 0 amide bonds. The Morgan fingerprint density at radius 3 is 2.80 bits per heavy atom. The van der Waals surface area contributed by atoms with Gasteiger partial charge >= 0.3 is 0 Å². The Hall–Kier alpha value is -0.910. The molecule has 80 valence electrons. The summed E-state index contributed by atoms with van der Waals surface area (Å²) in [6.07, 6.45) is 0. The van der Waals surface area contributed by atoms with Crippen LogP contribution in [0.2, 0.25) is 0 Å². The number of hydrogen-bond acceptors (Lipinski definition) is 3. The fourth-order valence-electron chi connectivity index (χ4n) is 1.43. The molecule has 0 bridgehead atoms. The number of hydrogen-bond donors (Lipinski definition) is 1. The Morgan fingerprint density at radius 2 is 2.07 bits per heavy atom. The van der Waals surface area contributed by atoms with E-state index in [0.717, 1.165) is 10.8 Å². The van der Waals surface area contributed by atoms with Crippen molar-refractivity contribution in [2.45, 2.75) is 11.1 Å². The van der Waals surface area contributed by atoms with Crippen LogP contribution in [0, 0.1) is 0 Å². The Labute approximate surface area is 92.8 Å². The van der Waals surface area contributed by atoms with Crippen molar-refractivity contribution in [3.8, 4) is 0 Å². The molecule has 0 saturated carbocycles. The molecule has 0 fully saturated rings. The van der Waals surface area contributed by atoms with Crippen LogP contribution in [0.5, 0.6) is 0 Å². The molecule has 1 N–H and O–H groups in total. The van der Waals surface area contributed by atoms with Crippen LogP contribution in [0.15, 0.2) is 33.9 Å². The van der Waals surface area contributed by atoms with Crippen LogP contribution in [-0.4, -0.2) is 15.0 Å². The smallest absolute Gasteiger partial charge is 0.211 e. The van der Waals surface area contributed by atoms with Gasteiger partial charge in [-0.2, -0.15) is 0 Å². The van der Waals surface area contributed by atoms with E-state index in [1.807, 2.05) is 29.6 Å². The maximum absolute atomic E-state index is 11.8. The molecule has 5 heteroatoms. The highest BCUT2D eigenvalue weighted by Gasteiger charge is 2.17. The van der Waals surface area contributed by atoms with Crippen LogP contribution in [0.1, 0.15) is 6.92 Å². The van der Waals surface area contributed by atoms with E-state index < -0.39 is 10.0 Å². The second kappa shape index (κ2) is 3.92. The van der Waals surface area contributed by atoms with Crippen molar-refractivity contribution in [3.05, 3.63) is 29.6 Å². The van der Waals surface area contributed by atoms with E-state index in [9.17, 15) is 8.42 Å². The summed E-state index contributed by atoms with van der Waals surface area (Å²) >= 11 is 1.26. The summed E-state index contributed by atoms with van der Waals surface area (Å²) in [5.41, 5.74) is 0. The maximum Gasteiger partial charge on any atom is 0.250 e. The van der Waals surface area contributed by atoms with Crippen LogP contribution < -0.4 is 4.72 Å². The molecule has 15 heavy (non-hydrogen) atoms. The summed E-state index contributed by atoms with van der Waals surface area (Å²) in [4.78, 5) is 0. The van der Waals surface area contributed by atoms with Gasteiger partial charge in [0.05, 0.1) is 0 Å². The molecule has 2 aromatic rings. The van der Waals surface area contributed by atoms with Gasteiger partial charge in [0, 0.05) is 11.9 Å². The zero-order valence-electron chi connectivity index (χ0n) is 8.23. The monoisotopic (exact) mass is 241 g/mol. The minimum absolute atomic E-state index is 0.403. The highest BCUT2D eigenvalue weighted by molar-refractivity contribution is 7.91. The second-order valence-electron chi connectivity index (χ2n) is 3.11. The van der Waals surface area contributed by atoms with E-state index >= 15 is 0 Å². The van der Waals surface area contributed by atoms with Crippen molar-refractivity contribution in [1.29, 1.82) is 0 Å². The first kappa shape index (κ1) is 10.6. The molecule has 1 aromatic carbocycles. The van der Waals surface area contributed by atoms with Crippen LogP contribution in [0.25, 0.3) is 10.8 Å². The maximum atomic E-state index is 11.8. The lowest BCUT2D eigenvalue weighted by atomic mass is 10.2. The van der Waals surface area contributed by atoms with Gasteiger partial charge in [0.2, 0.25) is 0 Å². The van der Waals surface area contributed by atoms with Crippen molar-refractivity contribution < 1.29 is 8.42 Å². The van der Waals surface area contributed by atoms with E-state index in [-0.39, 0.29) is 0 Å². The summed E-state index contributed by atoms with van der Waals surface area (Å²) in [7, 11) is -3.33. The molecule has 0 atom stereocenters. The van der Waals surface area contributed by atoms with Crippen LogP contribution in [-0.2, 0) is 10.0 Å². The minimum Gasteiger partial charge on any atom is -0.211 e. The number of sulfonamides is 1. The first-order valence-electron chi connectivity index (χ1n) is 4.61. The first-order chi connectivity index (χ1) is 7.15. The molecular formula is C10H11NO2S2. The van der Waals surface area contributed by atoms with Crippen molar-refractivity contribution in [1.82, 2.24) is 4.72 Å². The molecular weight excluding hydrogens is 230 g/mol. The van der Waals surface area contributed by atoms with Crippen molar-refractivity contribution in [2.75, 3.05) is 6.54 Å². The Kier molecular flexibility index (Phi) is 2.77. The molecule has 0 aliphatic carbocycles. The lowest BCUT2D eigenvalue weighted by molar-refractivity contribution is 0.587. The van der Waals surface area contributed by atoms with E-state index in [1.165, 1.54) is 11.3 Å². The number of fused-ring (bicyclic) bond motifs is 1. The average Bonchev–Trinajstić information content (AvgIpc) is 2.61. The van der Waals surface area contributed by atoms with Crippen LogP contribution >= 0.6 is 11.3 Å². The Bertz CT molecular complexity index is 572. The van der Waals surface area contributed by atoms with Gasteiger partial charge in [0.15, 0.2) is 0 Å². The van der Waals surface area contributed by atoms with Gasteiger partial charge in [0.25, 0.3) is 10.0 Å². The van der Waals surface area contributed by atoms with Gasteiger partial charge in [-0.1, -0.05) is 31.2 Å². The first-order valence-corrected chi connectivity index (χ1v) is 6.97. The predicted octanol–water partition coefficient (Wildman–Crippen LogP) is 2.20. The molecule has 1 aromatic heterocycles. The van der Waals surface area contributed by atoms with E-state index in [2.05, 4.69) is 4.72 Å². The standard InChI is InChI=1S/C10H11NO2S2/c1-2-11-15(12,13)10-9-6-4-3-5-8(9)7-14-10/h3-7,11H,2H2,1H3. The van der Waals surface area contributed by atoms with Crippen molar-refractivity contribution in [3.63, 3.8) is 0 Å². The molecule has 1 heterocycles. The molecule has 0 unspecified atom stereocenters. The van der Waals surface area contributed by atoms with Crippen LogP contribution in [0.4, 0.5) is 0 Å². The lowest BCUT2D eigenvalue weighted by Crippen LogP contribution is -2.22. The molecule has 0 spiro atoms. The third-order valence-electron chi connectivity index (χ3n) is 2.05. The lowest BCUT2D eigenvalue weighted by Gasteiger charge is -2.01.